The summed E-state index contributed by atoms with van der Waals surface area (Å²) in [6, 6.07) is 3.61. The molecule has 0 saturated heterocycles. The van der Waals surface area contributed by atoms with E-state index >= 15 is 0 Å². The number of benzene rings is 1. The second-order valence-corrected chi connectivity index (χ2v) is 5.57. The van der Waals surface area contributed by atoms with Gasteiger partial charge < -0.3 is 10.6 Å². The number of carbonyl (C=O) groups excluding carboxylic acids is 1. The molecule has 0 fully saturated rings. The van der Waals surface area contributed by atoms with Gasteiger partial charge in [0.25, 0.3) is 5.91 Å². The zero-order valence-corrected chi connectivity index (χ0v) is 12.5. The number of nitrogen functional groups attached to an aromatic ring is 1. The molecule has 0 aliphatic heterocycles. The van der Waals surface area contributed by atoms with Crippen LogP contribution in [0.2, 0.25) is 0 Å². The molecule has 0 atom stereocenters. The maximum Gasteiger partial charge on any atom is 0.266 e. The summed E-state index contributed by atoms with van der Waals surface area (Å²) in [5.41, 5.74) is 6.70. The molecule has 2 rings (SSSR count). The van der Waals surface area contributed by atoms with Crippen molar-refractivity contribution in [1.29, 1.82) is 0 Å². The van der Waals surface area contributed by atoms with Gasteiger partial charge in [0, 0.05) is 13.1 Å². The van der Waals surface area contributed by atoms with Crippen molar-refractivity contribution in [2.75, 3.05) is 12.3 Å². The first-order chi connectivity index (χ1) is 9.92. The topological polar surface area (TPSA) is 59.2 Å². The molecule has 1 aromatic heterocycles. The smallest absolute Gasteiger partial charge is 0.266 e. The van der Waals surface area contributed by atoms with Crippen LogP contribution in [0, 0.1) is 18.6 Å². The van der Waals surface area contributed by atoms with Crippen LogP contribution in [0.15, 0.2) is 18.2 Å². The molecule has 21 heavy (non-hydrogen) atoms. The fourth-order valence-electron chi connectivity index (χ4n) is 1.94. The van der Waals surface area contributed by atoms with Gasteiger partial charge >= 0.3 is 0 Å². The average Bonchev–Trinajstić information content (AvgIpc) is 2.78. The third-order valence-corrected chi connectivity index (χ3v) is 4.01. The monoisotopic (exact) mass is 311 g/mol. The number of aryl methyl sites for hydroxylation is 1. The van der Waals surface area contributed by atoms with E-state index in [1.807, 2.05) is 6.92 Å². The normalized spacial score (nSPS) is 10.7. The summed E-state index contributed by atoms with van der Waals surface area (Å²) in [5, 5.41) is 0.333. The average molecular weight is 311 g/mol. The third kappa shape index (κ3) is 3.36. The molecule has 112 valence electrons. The first-order valence-electron chi connectivity index (χ1n) is 6.38. The van der Waals surface area contributed by atoms with Gasteiger partial charge in [0.1, 0.15) is 4.88 Å². The highest BCUT2D eigenvalue weighted by Crippen LogP contribution is 2.22. The summed E-state index contributed by atoms with van der Waals surface area (Å²) in [6.07, 6.45) is 0. The summed E-state index contributed by atoms with van der Waals surface area (Å²) in [7, 11) is 0. The van der Waals surface area contributed by atoms with Gasteiger partial charge in [0.2, 0.25) is 0 Å². The van der Waals surface area contributed by atoms with Crippen LogP contribution in [0.25, 0.3) is 0 Å². The minimum atomic E-state index is -0.922. The van der Waals surface area contributed by atoms with Crippen LogP contribution in [0.5, 0.6) is 0 Å². The van der Waals surface area contributed by atoms with Crippen molar-refractivity contribution in [3.8, 4) is 0 Å². The van der Waals surface area contributed by atoms with Gasteiger partial charge in [-0.3, -0.25) is 4.79 Å². The Balaban J connectivity index is 2.21. The van der Waals surface area contributed by atoms with E-state index in [1.54, 1.807) is 6.92 Å². The number of nitrogens with zero attached hydrogens (tertiary/aromatic N) is 2. The van der Waals surface area contributed by atoms with E-state index in [9.17, 15) is 13.6 Å². The molecule has 4 nitrogen and oxygen atoms in total. The number of thiazole rings is 1. The molecule has 1 aromatic carbocycles. The number of anilines is 1. The number of rotatable bonds is 4. The zero-order chi connectivity index (χ0) is 15.6. The fourth-order valence-corrected chi connectivity index (χ4v) is 2.75. The van der Waals surface area contributed by atoms with E-state index < -0.39 is 11.6 Å². The van der Waals surface area contributed by atoms with Crippen LogP contribution >= 0.6 is 11.3 Å². The van der Waals surface area contributed by atoms with Crippen molar-refractivity contribution in [3.63, 3.8) is 0 Å². The predicted molar refractivity (Wildman–Crippen MR) is 78.0 cm³/mol. The lowest BCUT2D eigenvalue weighted by molar-refractivity contribution is 0.0756. The summed E-state index contributed by atoms with van der Waals surface area (Å²) >= 11 is 1.12. The molecule has 0 aliphatic carbocycles. The molecule has 1 amide bonds. The van der Waals surface area contributed by atoms with Crippen LogP contribution in [-0.4, -0.2) is 22.3 Å². The molecule has 0 aliphatic rings. The minimum Gasteiger partial charge on any atom is -0.375 e. The summed E-state index contributed by atoms with van der Waals surface area (Å²) in [5.74, 6) is -2.04. The quantitative estimate of drug-likeness (QED) is 0.944. The molecule has 0 radical (unpaired) electrons. The number of carbonyl (C=O) groups is 1. The van der Waals surface area contributed by atoms with Gasteiger partial charge in [0.05, 0.1) is 5.69 Å². The molecular formula is C14H15F2N3OS. The van der Waals surface area contributed by atoms with Crippen molar-refractivity contribution in [2.24, 2.45) is 0 Å². The van der Waals surface area contributed by atoms with Crippen molar-refractivity contribution in [1.82, 2.24) is 9.88 Å². The van der Waals surface area contributed by atoms with Gasteiger partial charge in [-0.15, -0.1) is 0 Å². The molecule has 2 N–H and O–H groups in total. The van der Waals surface area contributed by atoms with E-state index in [-0.39, 0.29) is 12.5 Å². The Bertz CT molecular complexity index is 672. The molecule has 2 aromatic rings. The zero-order valence-electron chi connectivity index (χ0n) is 11.7. The van der Waals surface area contributed by atoms with E-state index in [2.05, 4.69) is 4.98 Å². The number of nitrogens with two attached hydrogens (primary N) is 1. The van der Waals surface area contributed by atoms with Crippen molar-refractivity contribution in [2.45, 2.75) is 20.4 Å². The number of hydrogen-bond acceptors (Lipinski definition) is 4. The Hall–Kier alpha value is -2.02. The van der Waals surface area contributed by atoms with Crippen molar-refractivity contribution < 1.29 is 13.6 Å². The Morgan fingerprint density at radius 3 is 2.62 bits per heavy atom. The molecule has 1 heterocycles. The number of hydrogen-bond donors (Lipinski definition) is 1. The maximum atomic E-state index is 13.2. The number of halogens is 2. The van der Waals surface area contributed by atoms with Gasteiger partial charge in [-0.05, 0) is 31.5 Å². The molecular weight excluding hydrogens is 296 g/mol. The van der Waals surface area contributed by atoms with Crippen molar-refractivity contribution >= 4 is 22.4 Å². The Morgan fingerprint density at radius 1 is 1.38 bits per heavy atom. The number of aromatic nitrogens is 1. The SMILES string of the molecule is CCN(Cc1ccc(F)c(F)c1)C(=O)c1sc(N)nc1C. The van der Waals surface area contributed by atoms with Gasteiger partial charge in [-0.1, -0.05) is 17.4 Å². The first kappa shape index (κ1) is 15.4. The second-order valence-electron chi connectivity index (χ2n) is 4.53. The lowest BCUT2D eigenvalue weighted by atomic mass is 10.2. The second kappa shape index (κ2) is 6.17. The number of amides is 1. The van der Waals surface area contributed by atoms with E-state index in [4.69, 9.17) is 5.73 Å². The largest absolute Gasteiger partial charge is 0.375 e. The fraction of sp³-hybridized carbons (Fsp3) is 0.286. The predicted octanol–water partition coefficient (Wildman–Crippen LogP) is 2.97. The first-order valence-corrected chi connectivity index (χ1v) is 7.20. The van der Waals surface area contributed by atoms with Crippen molar-refractivity contribution in [3.05, 3.63) is 46.0 Å². The van der Waals surface area contributed by atoms with Gasteiger partial charge in [-0.25, -0.2) is 13.8 Å². The Kier molecular flexibility index (Phi) is 4.52. The molecule has 0 saturated carbocycles. The minimum absolute atomic E-state index is 0.198. The van der Waals surface area contributed by atoms with Crippen LogP contribution < -0.4 is 5.73 Å². The van der Waals surface area contributed by atoms with E-state index in [0.717, 1.165) is 23.5 Å². The Morgan fingerprint density at radius 2 is 2.10 bits per heavy atom. The molecule has 0 spiro atoms. The van der Waals surface area contributed by atoms with E-state index in [1.165, 1.54) is 11.0 Å². The van der Waals surface area contributed by atoms with Crippen LogP contribution in [-0.2, 0) is 6.54 Å². The van der Waals surface area contributed by atoms with Crippen LogP contribution in [0.3, 0.4) is 0 Å². The third-order valence-electron chi connectivity index (χ3n) is 3.03. The van der Waals surface area contributed by atoms with Gasteiger partial charge in [0.15, 0.2) is 16.8 Å². The highest BCUT2D eigenvalue weighted by atomic mass is 32.1. The summed E-state index contributed by atoms with van der Waals surface area (Å²) < 4.78 is 26.1. The lowest BCUT2D eigenvalue weighted by Gasteiger charge is -2.20. The van der Waals surface area contributed by atoms with Crippen LogP contribution in [0.4, 0.5) is 13.9 Å². The molecule has 0 bridgehead atoms. The van der Waals surface area contributed by atoms with Crippen LogP contribution in [0.1, 0.15) is 27.9 Å². The van der Waals surface area contributed by atoms with Gasteiger partial charge in [-0.2, -0.15) is 0 Å². The summed E-state index contributed by atoms with van der Waals surface area (Å²) in [4.78, 5) is 18.5. The standard InChI is InChI=1S/C14H15F2N3OS/c1-3-19(7-9-4-5-10(15)11(16)6-9)13(20)12-8(2)18-14(17)21-12/h4-6H,3,7H2,1-2H3,(H2,17,18). The van der Waals surface area contributed by atoms with E-state index in [0.29, 0.717) is 27.8 Å². The summed E-state index contributed by atoms with van der Waals surface area (Å²) in [6.45, 7) is 4.17. The highest BCUT2D eigenvalue weighted by molar-refractivity contribution is 7.17. The highest BCUT2D eigenvalue weighted by Gasteiger charge is 2.20. The molecule has 0 unspecified atom stereocenters. The Labute approximate surface area is 125 Å². The lowest BCUT2D eigenvalue weighted by Crippen LogP contribution is -2.30. The molecule has 7 heteroatoms. The maximum absolute atomic E-state index is 13.2.